The molecule has 0 radical (unpaired) electrons. The molecule has 1 saturated heterocycles. The zero-order valence-electron chi connectivity index (χ0n) is 23.8. The van der Waals surface area contributed by atoms with E-state index in [1.54, 1.807) is 16.9 Å². The Balaban J connectivity index is 1.70. The van der Waals surface area contributed by atoms with E-state index in [4.69, 9.17) is 4.74 Å². The second-order valence-corrected chi connectivity index (χ2v) is 13.5. The Morgan fingerprint density at radius 1 is 0.905 bits per heavy atom. The summed E-state index contributed by atoms with van der Waals surface area (Å²) in [7, 11) is 3.01. The number of carbonyl (C=O) groups is 5. The van der Waals surface area contributed by atoms with Crippen LogP contribution < -0.4 is 16.0 Å². The fourth-order valence-corrected chi connectivity index (χ4v) is 7.16. The van der Waals surface area contributed by atoms with Crippen molar-refractivity contribution in [2.24, 2.45) is 11.8 Å². The molecule has 0 aromatic heterocycles. The number of nitrogens with one attached hydrogen (secondary N) is 3. The topological polar surface area (TPSA) is 131 Å². The average Bonchev–Trinajstić information content (AvgIpc) is 2.96. The van der Waals surface area contributed by atoms with Gasteiger partial charge in [-0.25, -0.2) is 0 Å². The Hall–Kier alpha value is -3.31. The van der Waals surface area contributed by atoms with E-state index < -0.39 is 54.3 Å². The molecule has 11 heteroatoms. The van der Waals surface area contributed by atoms with Crippen LogP contribution in [0.4, 0.5) is 0 Å². The van der Waals surface area contributed by atoms with Crippen molar-refractivity contribution in [3.63, 3.8) is 0 Å². The van der Waals surface area contributed by atoms with Crippen LogP contribution in [0.5, 0.6) is 0 Å². The van der Waals surface area contributed by atoms with Crippen molar-refractivity contribution in [2.75, 3.05) is 18.1 Å². The molecule has 2 aromatic carbocycles. The van der Waals surface area contributed by atoms with Crippen LogP contribution >= 0.6 is 21.6 Å². The second kappa shape index (κ2) is 15.2. The number of allylic oxidation sites excluding steroid dienone is 1. The smallest absolute Gasteiger partial charge is 0.326 e. The van der Waals surface area contributed by atoms with Crippen molar-refractivity contribution in [1.29, 1.82) is 0 Å². The Labute approximate surface area is 253 Å². The minimum Gasteiger partial charge on any atom is -0.456 e. The van der Waals surface area contributed by atoms with E-state index in [9.17, 15) is 24.0 Å². The third-order valence-electron chi connectivity index (χ3n) is 7.31. The Bertz CT molecular complexity index is 1340. The number of esters is 1. The van der Waals surface area contributed by atoms with Gasteiger partial charge >= 0.3 is 5.97 Å². The summed E-state index contributed by atoms with van der Waals surface area (Å²) in [5, 5.41) is 10.3. The number of hydrogen-bond donors (Lipinski definition) is 3. The number of ether oxygens (including phenoxy) is 1. The van der Waals surface area contributed by atoms with Crippen molar-refractivity contribution < 1.29 is 28.7 Å². The number of amides is 3. The predicted octanol–water partition coefficient (Wildman–Crippen LogP) is 3.36. The lowest BCUT2D eigenvalue weighted by atomic mass is 9.88. The zero-order chi connectivity index (χ0) is 30.1. The highest BCUT2D eigenvalue weighted by molar-refractivity contribution is 8.76. The molecular weight excluding hydrogens is 574 g/mol. The SMILES string of the molecule is CC(C)[C@H]1CC(=O)CC2/C=C/CCSSCC(NC1=O)C(=O)N[C@@H](Cc1cccc3ccccc13)C(=O)NCC(=O)O2. The van der Waals surface area contributed by atoms with Gasteiger partial charge in [0.15, 0.2) is 0 Å². The number of ketones is 1. The minimum atomic E-state index is -1.02. The van der Waals surface area contributed by atoms with Gasteiger partial charge in [-0.15, -0.1) is 0 Å². The van der Waals surface area contributed by atoms with Gasteiger partial charge in [-0.3, -0.25) is 24.0 Å². The largest absolute Gasteiger partial charge is 0.456 e. The fourth-order valence-electron chi connectivity index (χ4n) is 5.00. The maximum Gasteiger partial charge on any atom is 0.326 e. The third kappa shape index (κ3) is 8.84. The molecule has 2 heterocycles. The summed E-state index contributed by atoms with van der Waals surface area (Å²) in [6.07, 6.45) is 3.47. The maximum atomic E-state index is 13.7. The van der Waals surface area contributed by atoms with Crippen LogP contribution in [0.15, 0.2) is 54.6 Å². The highest BCUT2D eigenvalue weighted by Crippen LogP contribution is 2.25. The molecule has 3 N–H and O–H groups in total. The first-order chi connectivity index (χ1) is 20.2. The van der Waals surface area contributed by atoms with E-state index in [1.807, 2.05) is 62.4 Å². The Kier molecular flexibility index (Phi) is 11.5. The third-order valence-corrected chi connectivity index (χ3v) is 9.76. The molecule has 0 spiro atoms. The molecule has 9 nitrogen and oxygen atoms in total. The van der Waals surface area contributed by atoms with Crippen LogP contribution in [0.25, 0.3) is 10.8 Å². The van der Waals surface area contributed by atoms with Gasteiger partial charge < -0.3 is 20.7 Å². The number of carbonyl (C=O) groups excluding carboxylic acids is 5. The summed E-state index contributed by atoms with van der Waals surface area (Å²) >= 11 is 0. The van der Waals surface area contributed by atoms with Gasteiger partial charge in [0.2, 0.25) is 17.7 Å². The average molecular weight is 612 g/mol. The Morgan fingerprint density at radius 3 is 2.50 bits per heavy atom. The lowest BCUT2D eigenvalue weighted by Crippen LogP contribution is -2.56. The standard InChI is InChI=1S/C31H37N3O6S2/c1-19(2)25-16-22(35)15-23-11-5-6-13-41-42-18-27(34-29(25)37)31(39)33-26(30(38)32-17-28(36)40-23)14-21-10-7-9-20-8-3-4-12-24(20)21/h3-5,7-12,19,23,25-27H,6,13-18H2,1-2H3,(H,32,38)(H,33,39)(H,34,37)/b11-5+/t23?,25-,26+,27?/m1/s1. The van der Waals surface area contributed by atoms with Crippen molar-refractivity contribution in [2.45, 2.75) is 57.7 Å². The van der Waals surface area contributed by atoms with Crippen LogP contribution in [-0.4, -0.2) is 65.7 Å². The molecule has 0 aliphatic carbocycles. The van der Waals surface area contributed by atoms with Crippen LogP contribution in [0.3, 0.4) is 0 Å². The van der Waals surface area contributed by atoms with Gasteiger partial charge in [0.25, 0.3) is 0 Å². The van der Waals surface area contributed by atoms with E-state index in [1.165, 1.54) is 10.8 Å². The first kappa shape index (κ1) is 31.6. The van der Waals surface area contributed by atoms with E-state index >= 15 is 0 Å². The van der Waals surface area contributed by atoms with Crippen LogP contribution in [0.2, 0.25) is 0 Å². The first-order valence-electron chi connectivity index (χ1n) is 14.2. The normalized spacial score (nSPS) is 26.1. The quantitative estimate of drug-likeness (QED) is 0.274. The summed E-state index contributed by atoms with van der Waals surface area (Å²) in [6.45, 7) is 3.29. The lowest BCUT2D eigenvalue weighted by molar-refractivity contribution is -0.148. The molecule has 2 unspecified atom stereocenters. The van der Waals surface area contributed by atoms with E-state index in [-0.39, 0.29) is 36.7 Å². The van der Waals surface area contributed by atoms with Gasteiger partial charge in [-0.05, 0) is 34.8 Å². The molecule has 3 amide bonds. The van der Waals surface area contributed by atoms with Crippen LogP contribution in [0, 0.1) is 11.8 Å². The summed E-state index contributed by atoms with van der Waals surface area (Å²) in [4.78, 5) is 66.4. The summed E-state index contributed by atoms with van der Waals surface area (Å²) < 4.78 is 5.58. The van der Waals surface area contributed by atoms with Crippen LogP contribution in [0.1, 0.15) is 38.7 Å². The second-order valence-electron chi connectivity index (χ2n) is 10.8. The van der Waals surface area contributed by atoms with Gasteiger partial charge in [0.05, 0.1) is 0 Å². The van der Waals surface area contributed by atoms with Crippen molar-refractivity contribution in [1.82, 2.24) is 16.0 Å². The number of Topliss-reactive ketones (excluding diaryl/α,β-unsaturated/α-hetero) is 1. The molecule has 1 fully saturated rings. The molecule has 2 aliphatic rings. The van der Waals surface area contributed by atoms with Gasteiger partial charge in [0.1, 0.15) is 30.5 Å². The molecule has 224 valence electrons. The highest BCUT2D eigenvalue weighted by Gasteiger charge is 2.33. The molecule has 42 heavy (non-hydrogen) atoms. The number of hydrogen-bond acceptors (Lipinski definition) is 8. The first-order valence-corrected chi connectivity index (χ1v) is 16.7. The molecule has 2 aromatic rings. The number of rotatable bonds is 3. The number of fused-ring (bicyclic) bond motifs is 8. The highest BCUT2D eigenvalue weighted by atomic mass is 33.1. The minimum absolute atomic E-state index is 0.0396. The van der Waals surface area contributed by atoms with Gasteiger partial charge in [0, 0.05) is 36.7 Å². The summed E-state index contributed by atoms with van der Waals surface area (Å²) in [5.74, 6) is -2.23. The monoisotopic (exact) mass is 611 g/mol. The van der Waals surface area contributed by atoms with Crippen molar-refractivity contribution in [3.05, 3.63) is 60.2 Å². The maximum absolute atomic E-state index is 13.7. The lowest BCUT2D eigenvalue weighted by Gasteiger charge is -2.26. The van der Waals surface area contributed by atoms with Gasteiger partial charge in [-0.2, -0.15) is 0 Å². The van der Waals surface area contributed by atoms with E-state index in [2.05, 4.69) is 16.0 Å². The van der Waals surface area contributed by atoms with Crippen LogP contribution in [-0.2, 0) is 35.1 Å². The molecule has 0 saturated carbocycles. The summed E-state index contributed by atoms with van der Waals surface area (Å²) in [6, 6.07) is 11.6. The summed E-state index contributed by atoms with van der Waals surface area (Å²) in [5.41, 5.74) is 0.852. The van der Waals surface area contributed by atoms with Gasteiger partial charge in [-0.1, -0.05) is 84.0 Å². The van der Waals surface area contributed by atoms with Crippen molar-refractivity contribution in [3.8, 4) is 0 Å². The molecule has 2 bridgehead atoms. The van der Waals surface area contributed by atoms with Crippen molar-refractivity contribution >= 4 is 61.8 Å². The van der Waals surface area contributed by atoms with E-state index in [0.29, 0.717) is 6.42 Å². The molecular formula is C31H37N3O6S2. The Morgan fingerprint density at radius 2 is 1.69 bits per heavy atom. The van der Waals surface area contributed by atoms with E-state index in [0.717, 1.165) is 22.1 Å². The molecule has 4 atom stereocenters. The fraction of sp³-hybridized carbons (Fsp3) is 0.452. The number of benzene rings is 2. The molecule has 2 aliphatic heterocycles. The molecule has 4 rings (SSSR count). The predicted molar refractivity (Wildman–Crippen MR) is 166 cm³/mol. The zero-order valence-corrected chi connectivity index (χ0v) is 25.4.